The van der Waals surface area contributed by atoms with Gasteiger partial charge in [-0.05, 0) is 11.6 Å². The predicted molar refractivity (Wildman–Crippen MR) is 80.2 cm³/mol. The minimum Gasteiger partial charge on any atom is -0.496 e. The van der Waals surface area contributed by atoms with Gasteiger partial charge in [-0.25, -0.2) is 14.0 Å². The Morgan fingerprint density at radius 2 is 1.91 bits per heavy atom. The second-order valence-corrected chi connectivity index (χ2v) is 4.52. The van der Waals surface area contributed by atoms with Crippen LogP contribution >= 0.6 is 0 Å². The quantitative estimate of drug-likeness (QED) is 0.883. The van der Waals surface area contributed by atoms with Crippen molar-refractivity contribution in [3.05, 3.63) is 59.4 Å². The monoisotopic (exact) mass is 319 g/mol. The number of ether oxygens (including phenoxy) is 2. The molecule has 2 aromatic rings. The number of carbonyl (C=O) groups excluding carboxylic acids is 1. The van der Waals surface area contributed by atoms with E-state index < -0.39 is 17.9 Å². The van der Waals surface area contributed by atoms with E-state index >= 15 is 0 Å². The van der Waals surface area contributed by atoms with E-state index in [1.165, 1.54) is 7.11 Å². The van der Waals surface area contributed by atoms with Gasteiger partial charge in [-0.3, -0.25) is 5.32 Å². The molecule has 0 saturated carbocycles. The van der Waals surface area contributed by atoms with Crippen molar-refractivity contribution < 1.29 is 28.6 Å². The van der Waals surface area contributed by atoms with Gasteiger partial charge in [-0.15, -0.1) is 0 Å². The van der Waals surface area contributed by atoms with Crippen LogP contribution in [0.15, 0.2) is 42.5 Å². The third-order valence-corrected chi connectivity index (χ3v) is 2.97. The first-order chi connectivity index (χ1) is 11.0. The lowest BCUT2D eigenvalue weighted by Crippen LogP contribution is -2.15. The number of amides is 1. The number of benzene rings is 2. The number of rotatable bonds is 5. The van der Waals surface area contributed by atoms with Crippen molar-refractivity contribution in [3.8, 4) is 5.75 Å². The van der Waals surface area contributed by atoms with Crippen molar-refractivity contribution >= 4 is 17.7 Å². The summed E-state index contributed by atoms with van der Waals surface area (Å²) >= 11 is 0. The lowest BCUT2D eigenvalue weighted by Gasteiger charge is -2.11. The molecule has 23 heavy (non-hydrogen) atoms. The first-order valence-electron chi connectivity index (χ1n) is 6.59. The lowest BCUT2D eigenvalue weighted by atomic mass is 10.1. The number of hydrogen-bond donors (Lipinski definition) is 2. The number of anilines is 1. The van der Waals surface area contributed by atoms with E-state index in [1.54, 1.807) is 24.3 Å². The average molecular weight is 319 g/mol. The van der Waals surface area contributed by atoms with Crippen molar-refractivity contribution in [2.45, 2.75) is 6.61 Å². The number of carboxylic acids is 1. The summed E-state index contributed by atoms with van der Waals surface area (Å²) in [6.45, 7) is 0.0102. The fourth-order valence-corrected chi connectivity index (χ4v) is 1.86. The van der Waals surface area contributed by atoms with Crippen LogP contribution in [0.2, 0.25) is 0 Å². The standard InChI is InChI=1S/C16H14FNO5/c1-22-14-8-12(17)13(7-11(14)15(19)20)18-16(21)23-9-10-5-3-2-4-6-10/h2-8H,9H2,1H3,(H,18,21)(H,19,20). The van der Waals surface area contributed by atoms with Crippen LogP contribution in [0, 0.1) is 5.82 Å². The maximum Gasteiger partial charge on any atom is 0.412 e. The molecule has 0 aliphatic heterocycles. The maximum absolute atomic E-state index is 13.9. The summed E-state index contributed by atoms with van der Waals surface area (Å²) in [6, 6.07) is 10.8. The van der Waals surface area contributed by atoms with Crippen LogP contribution in [-0.2, 0) is 11.3 Å². The van der Waals surface area contributed by atoms with Gasteiger partial charge in [0, 0.05) is 6.07 Å². The molecule has 0 aromatic heterocycles. The van der Waals surface area contributed by atoms with E-state index in [4.69, 9.17) is 14.6 Å². The smallest absolute Gasteiger partial charge is 0.412 e. The van der Waals surface area contributed by atoms with Crippen LogP contribution in [0.4, 0.5) is 14.9 Å². The highest BCUT2D eigenvalue weighted by Crippen LogP contribution is 2.26. The van der Waals surface area contributed by atoms with Gasteiger partial charge in [0.15, 0.2) is 5.82 Å². The SMILES string of the molecule is COc1cc(F)c(NC(=O)OCc2ccccc2)cc1C(=O)O. The van der Waals surface area contributed by atoms with Crippen molar-refractivity contribution in [3.63, 3.8) is 0 Å². The summed E-state index contributed by atoms with van der Waals surface area (Å²) in [5, 5.41) is 11.2. The van der Waals surface area contributed by atoms with E-state index in [9.17, 15) is 14.0 Å². The zero-order valence-electron chi connectivity index (χ0n) is 12.2. The highest BCUT2D eigenvalue weighted by atomic mass is 19.1. The zero-order valence-corrected chi connectivity index (χ0v) is 12.2. The van der Waals surface area contributed by atoms with Gasteiger partial charge in [0.2, 0.25) is 0 Å². The van der Waals surface area contributed by atoms with Gasteiger partial charge in [-0.2, -0.15) is 0 Å². The molecule has 2 aromatic carbocycles. The number of aromatic carboxylic acids is 1. The third-order valence-electron chi connectivity index (χ3n) is 2.97. The molecular weight excluding hydrogens is 305 g/mol. The van der Waals surface area contributed by atoms with Gasteiger partial charge in [-0.1, -0.05) is 30.3 Å². The van der Waals surface area contributed by atoms with E-state index in [0.29, 0.717) is 0 Å². The molecule has 2 rings (SSSR count). The molecule has 0 aliphatic carbocycles. The van der Waals surface area contributed by atoms with Crippen LogP contribution in [0.1, 0.15) is 15.9 Å². The molecule has 1 amide bonds. The number of hydrogen-bond acceptors (Lipinski definition) is 4. The molecule has 7 heteroatoms. The van der Waals surface area contributed by atoms with E-state index in [2.05, 4.69) is 5.32 Å². The number of carboxylic acid groups (broad SMARTS) is 1. The molecule has 0 radical (unpaired) electrons. The highest BCUT2D eigenvalue weighted by Gasteiger charge is 2.17. The van der Waals surface area contributed by atoms with Crippen LogP contribution in [0.25, 0.3) is 0 Å². The summed E-state index contributed by atoms with van der Waals surface area (Å²) in [5.74, 6) is -2.27. The second-order valence-electron chi connectivity index (χ2n) is 4.52. The second kappa shape index (κ2) is 7.26. The fourth-order valence-electron chi connectivity index (χ4n) is 1.86. The Balaban J connectivity index is 2.08. The van der Waals surface area contributed by atoms with Crippen molar-refractivity contribution in [2.75, 3.05) is 12.4 Å². The molecular formula is C16H14FNO5. The van der Waals surface area contributed by atoms with Crippen molar-refractivity contribution in [2.24, 2.45) is 0 Å². The molecule has 0 heterocycles. The largest absolute Gasteiger partial charge is 0.496 e. The number of carbonyl (C=O) groups is 2. The summed E-state index contributed by atoms with van der Waals surface area (Å²) in [6.07, 6.45) is -0.894. The van der Waals surface area contributed by atoms with Gasteiger partial charge in [0.1, 0.15) is 17.9 Å². The minimum atomic E-state index is -1.30. The van der Waals surface area contributed by atoms with Crippen LogP contribution in [0.3, 0.4) is 0 Å². The first-order valence-corrected chi connectivity index (χ1v) is 6.59. The summed E-state index contributed by atoms with van der Waals surface area (Å²) < 4.78 is 23.6. The Kier molecular flexibility index (Phi) is 5.14. The van der Waals surface area contributed by atoms with Crippen LogP contribution < -0.4 is 10.1 Å². The van der Waals surface area contributed by atoms with Crippen LogP contribution in [-0.4, -0.2) is 24.3 Å². The Labute approximate surface area is 131 Å². The molecule has 2 N–H and O–H groups in total. The highest BCUT2D eigenvalue weighted by molar-refractivity contribution is 5.94. The molecule has 0 fully saturated rings. The molecule has 6 nitrogen and oxygen atoms in total. The Bertz CT molecular complexity index is 718. The normalized spacial score (nSPS) is 10.0. The van der Waals surface area contributed by atoms with Crippen LogP contribution in [0.5, 0.6) is 5.75 Å². The lowest BCUT2D eigenvalue weighted by molar-refractivity contribution is 0.0693. The number of halogens is 1. The summed E-state index contributed by atoms with van der Waals surface area (Å²) in [4.78, 5) is 22.8. The molecule has 0 saturated heterocycles. The van der Waals surface area contributed by atoms with Crippen molar-refractivity contribution in [1.29, 1.82) is 0 Å². The Morgan fingerprint density at radius 3 is 2.52 bits per heavy atom. The van der Waals surface area contributed by atoms with Gasteiger partial charge < -0.3 is 14.6 Å². The van der Waals surface area contributed by atoms with E-state index in [-0.39, 0.29) is 23.6 Å². The molecule has 0 spiro atoms. The number of methoxy groups -OCH3 is 1. The van der Waals surface area contributed by atoms with Gasteiger partial charge in [0.25, 0.3) is 0 Å². The molecule has 120 valence electrons. The average Bonchev–Trinajstić information content (AvgIpc) is 2.55. The Morgan fingerprint density at radius 1 is 1.22 bits per heavy atom. The molecule has 0 unspecified atom stereocenters. The summed E-state index contributed by atoms with van der Waals surface area (Å²) in [5.41, 5.74) is 0.192. The topological polar surface area (TPSA) is 84.9 Å². The third kappa shape index (κ3) is 4.19. The predicted octanol–water partition coefficient (Wildman–Crippen LogP) is 3.28. The van der Waals surface area contributed by atoms with E-state index in [1.807, 2.05) is 6.07 Å². The molecule has 0 bridgehead atoms. The minimum absolute atomic E-state index is 0.0102. The Hall–Kier alpha value is -3.09. The van der Waals surface area contributed by atoms with Gasteiger partial charge in [0.05, 0.1) is 12.8 Å². The zero-order chi connectivity index (χ0) is 16.8. The maximum atomic E-state index is 13.9. The van der Waals surface area contributed by atoms with E-state index in [0.717, 1.165) is 17.7 Å². The fraction of sp³-hybridized carbons (Fsp3) is 0.125. The van der Waals surface area contributed by atoms with Gasteiger partial charge >= 0.3 is 12.1 Å². The molecule has 0 atom stereocenters. The van der Waals surface area contributed by atoms with Crippen molar-refractivity contribution in [1.82, 2.24) is 0 Å². The first kappa shape index (κ1) is 16.3. The summed E-state index contributed by atoms with van der Waals surface area (Å²) in [7, 11) is 1.22. The molecule has 0 aliphatic rings. The number of nitrogens with one attached hydrogen (secondary N) is 1.